The molecule has 0 fully saturated rings. The molecule has 1 rings (SSSR count). The molecular weight excluding hydrogens is 262 g/mol. The molecule has 1 heterocycles. The predicted molar refractivity (Wildman–Crippen MR) is 61.3 cm³/mol. The first kappa shape index (κ1) is 14.6. The number of imidazole rings is 1. The summed E-state index contributed by atoms with van der Waals surface area (Å²) in [6.07, 6.45) is 0.973. The number of carboxylic acid groups (broad SMARTS) is 1. The van der Waals surface area contributed by atoms with Crippen molar-refractivity contribution in [2.45, 2.75) is 31.0 Å². The van der Waals surface area contributed by atoms with Gasteiger partial charge in [0.2, 0.25) is 0 Å². The van der Waals surface area contributed by atoms with Crippen LogP contribution in [0.5, 0.6) is 0 Å². The zero-order chi connectivity index (χ0) is 13.8. The van der Waals surface area contributed by atoms with Gasteiger partial charge in [-0.1, -0.05) is 0 Å². The van der Waals surface area contributed by atoms with Gasteiger partial charge in [-0.3, -0.25) is 0 Å². The average molecular weight is 277 g/mol. The van der Waals surface area contributed by atoms with Gasteiger partial charge < -0.3 is 14.8 Å². The number of hydrogen-bond acceptors (Lipinski definition) is 5. The van der Waals surface area contributed by atoms with Gasteiger partial charge in [-0.25, -0.2) is 22.9 Å². The molecule has 0 saturated heterocycles. The second-order valence-corrected chi connectivity index (χ2v) is 5.30. The summed E-state index contributed by atoms with van der Waals surface area (Å²) in [5.41, 5.74) is 0. The number of carboxylic acids is 1. The summed E-state index contributed by atoms with van der Waals surface area (Å²) in [5, 5.41) is 17.3. The normalized spacial score (nSPS) is 13.4. The highest BCUT2D eigenvalue weighted by atomic mass is 32.2. The van der Waals surface area contributed by atoms with Crippen molar-refractivity contribution in [3.8, 4) is 0 Å². The van der Waals surface area contributed by atoms with Gasteiger partial charge in [-0.2, -0.15) is 0 Å². The monoisotopic (exact) mass is 277 g/mol. The molecule has 18 heavy (non-hydrogen) atoms. The number of aliphatic hydroxyl groups is 1. The maximum absolute atomic E-state index is 11.7. The Morgan fingerprint density at radius 1 is 1.61 bits per heavy atom. The van der Waals surface area contributed by atoms with E-state index < -0.39 is 22.1 Å². The summed E-state index contributed by atoms with van der Waals surface area (Å²) < 4.78 is 27.2. The molecule has 3 N–H and O–H groups in total. The highest BCUT2D eigenvalue weighted by Gasteiger charge is 2.19. The van der Waals surface area contributed by atoms with Crippen LogP contribution in [0.25, 0.3) is 0 Å². The van der Waals surface area contributed by atoms with Crippen molar-refractivity contribution in [2.75, 3.05) is 6.54 Å². The Balaban J connectivity index is 2.57. The molecule has 0 aliphatic heterocycles. The summed E-state index contributed by atoms with van der Waals surface area (Å²) in [6.45, 7) is 2.27. The summed E-state index contributed by atoms with van der Waals surface area (Å²) in [5.74, 6) is -1.38. The SMILES string of the molecule is CCn1cnc(S(=O)(=O)NCC[C@H](O)C(=O)O)c1. The van der Waals surface area contributed by atoms with Gasteiger partial charge in [-0.15, -0.1) is 0 Å². The van der Waals surface area contributed by atoms with E-state index in [2.05, 4.69) is 9.71 Å². The molecule has 0 aliphatic rings. The van der Waals surface area contributed by atoms with Gasteiger partial charge in [0.15, 0.2) is 11.1 Å². The summed E-state index contributed by atoms with van der Waals surface area (Å²) in [6, 6.07) is 0. The Bertz CT molecular complexity index is 510. The second-order valence-electron chi connectivity index (χ2n) is 3.58. The molecule has 0 amide bonds. The van der Waals surface area contributed by atoms with E-state index in [4.69, 9.17) is 10.2 Å². The number of carbonyl (C=O) groups is 1. The number of sulfonamides is 1. The largest absolute Gasteiger partial charge is 0.479 e. The van der Waals surface area contributed by atoms with Crippen LogP contribution < -0.4 is 4.72 Å². The minimum absolute atomic E-state index is 0.130. The third-order valence-corrected chi connectivity index (χ3v) is 3.59. The van der Waals surface area contributed by atoms with Crippen molar-refractivity contribution in [1.82, 2.24) is 14.3 Å². The predicted octanol–water partition coefficient (Wildman–Crippen LogP) is -0.983. The van der Waals surface area contributed by atoms with Crippen LogP contribution in [0.2, 0.25) is 0 Å². The van der Waals surface area contributed by atoms with Crippen molar-refractivity contribution < 1.29 is 23.4 Å². The fourth-order valence-corrected chi connectivity index (χ4v) is 2.17. The fourth-order valence-electron chi connectivity index (χ4n) is 1.18. The van der Waals surface area contributed by atoms with Crippen LogP contribution in [-0.2, 0) is 21.4 Å². The van der Waals surface area contributed by atoms with Crippen LogP contribution in [0.1, 0.15) is 13.3 Å². The number of hydrogen-bond donors (Lipinski definition) is 3. The molecule has 0 bridgehead atoms. The zero-order valence-electron chi connectivity index (χ0n) is 9.78. The average Bonchev–Trinajstić information content (AvgIpc) is 2.77. The first-order chi connectivity index (χ1) is 8.36. The molecule has 9 heteroatoms. The lowest BCUT2D eigenvalue weighted by Crippen LogP contribution is -2.30. The number of aliphatic hydroxyl groups excluding tert-OH is 1. The van der Waals surface area contributed by atoms with E-state index in [1.165, 1.54) is 12.5 Å². The smallest absolute Gasteiger partial charge is 0.332 e. The Morgan fingerprint density at radius 3 is 2.78 bits per heavy atom. The van der Waals surface area contributed by atoms with Crippen molar-refractivity contribution in [2.24, 2.45) is 0 Å². The third-order valence-electron chi connectivity index (χ3n) is 2.24. The Hall–Kier alpha value is -1.45. The van der Waals surface area contributed by atoms with E-state index in [1.54, 1.807) is 4.57 Å². The molecule has 0 saturated carbocycles. The van der Waals surface area contributed by atoms with E-state index in [9.17, 15) is 13.2 Å². The Morgan fingerprint density at radius 2 is 2.28 bits per heavy atom. The molecule has 1 aromatic rings. The van der Waals surface area contributed by atoms with E-state index in [0.717, 1.165) is 0 Å². The van der Waals surface area contributed by atoms with Crippen LogP contribution in [-0.4, -0.2) is 46.8 Å². The summed E-state index contributed by atoms with van der Waals surface area (Å²) in [7, 11) is -3.76. The van der Waals surface area contributed by atoms with Gasteiger partial charge in [0.25, 0.3) is 10.0 Å². The highest BCUT2D eigenvalue weighted by molar-refractivity contribution is 7.89. The zero-order valence-corrected chi connectivity index (χ0v) is 10.6. The topological polar surface area (TPSA) is 122 Å². The van der Waals surface area contributed by atoms with E-state index in [-0.39, 0.29) is 18.0 Å². The van der Waals surface area contributed by atoms with E-state index in [1.807, 2.05) is 6.92 Å². The number of nitrogens with zero attached hydrogens (tertiary/aromatic N) is 2. The molecule has 0 radical (unpaired) electrons. The number of aromatic nitrogens is 2. The lowest BCUT2D eigenvalue weighted by atomic mass is 10.3. The summed E-state index contributed by atoms with van der Waals surface area (Å²) in [4.78, 5) is 14.0. The van der Waals surface area contributed by atoms with E-state index in [0.29, 0.717) is 6.54 Å². The van der Waals surface area contributed by atoms with Gasteiger partial charge in [0.05, 0.1) is 6.33 Å². The summed E-state index contributed by atoms with van der Waals surface area (Å²) >= 11 is 0. The number of aliphatic carboxylic acids is 1. The number of aryl methyl sites for hydroxylation is 1. The van der Waals surface area contributed by atoms with Crippen LogP contribution in [0.15, 0.2) is 17.6 Å². The van der Waals surface area contributed by atoms with Crippen LogP contribution in [0.4, 0.5) is 0 Å². The molecule has 8 nitrogen and oxygen atoms in total. The quantitative estimate of drug-likeness (QED) is 0.588. The molecule has 0 spiro atoms. The molecule has 102 valence electrons. The molecular formula is C9H15N3O5S. The molecule has 0 aliphatic carbocycles. The second kappa shape index (κ2) is 5.94. The van der Waals surface area contributed by atoms with Gasteiger partial charge in [0.1, 0.15) is 0 Å². The van der Waals surface area contributed by atoms with Crippen molar-refractivity contribution >= 4 is 16.0 Å². The molecule has 1 atom stereocenters. The first-order valence-electron chi connectivity index (χ1n) is 5.29. The lowest BCUT2D eigenvalue weighted by molar-refractivity contribution is -0.146. The molecule has 0 unspecified atom stereocenters. The molecule has 1 aromatic heterocycles. The third kappa shape index (κ3) is 3.79. The Kier molecular flexibility index (Phi) is 4.82. The maximum atomic E-state index is 11.7. The van der Waals surface area contributed by atoms with E-state index >= 15 is 0 Å². The standard InChI is InChI=1S/C9H15N3O5S/c1-2-12-5-8(10-6-12)18(16,17)11-4-3-7(13)9(14)15/h5-7,11,13H,2-4H2,1H3,(H,14,15)/t7-/m0/s1. The minimum Gasteiger partial charge on any atom is -0.479 e. The van der Waals surface area contributed by atoms with Crippen LogP contribution in [0.3, 0.4) is 0 Å². The van der Waals surface area contributed by atoms with Crippen molar-refractivity contribution in [3.05, 3.63) is 12.5 Å². The number of rotatable bonds is 7. The van der Waals surface area contributed by atoms with Gasteiger partial charge in [0, 0.05) is 19.3 Å². The van der Waals surface area contributed by atoms with Crippen LogP contribution in [0, 0.1) is 0 Å². The maximum Gasteiger partial charge on any atom is 0.332 e. The molecule has 0 aromatic carbocycles. The van der Waals surface area contributed by atoms with Crippen molar-refractivity contribution in [3.63, 3.8) is 0 Å². The number of nitrogens with one attached hydrogen (secondary N) is 1. The first-order valence-corrected chi connectivity index (χ1v) is 6.77. The van der Waals surface area contributed by atoms with Crippen LogP contribution >= 0.6 is 0 Å². The van der Waals surface area contributed by atoms with Gasteiger partial charge >= 0.3 is 5.97 Å². The minimum atomic E-state index is -3.76. The highest BCUT2D eigenvalue weighted by Crippen LogP contribution is 2.05. The van der Waals surface area contributed by atoms with Crippen molar-refractivity contribution in [1.29, 1.82) is 0 Å². The Labute approximate surface area is 104 Å². The fraction of sp³-hybridized carbons (Fsp3) is 0.556. The van der Waals surface area contributed by atoms with Gasteiger partial charge in [-0.05, 0) is 13.3 Å². The lowest BCUT2D eigenvalue weighted by Gasteiger charge is -2.06.